The van der Waals surface area contributed by atoms with Crippen molar-refractivity contribution in [1.29, 1.82) is 0 Å². The molecule has 0 radical (unpaired) electrons. The Labute approximate surface area is 147 Å². The van der Waals surface area contributed by atoms with Crippen molar-refractivity contribution in [2.45, 2.75) is 38.3 Å². The normalized spacial score (nSPS) is 16.4. The molecule has 1 aliphatic rings. The molecule has 1 aromatic heterocycles. The Hall–Kier alpha value is -1.56. The van der Waals surface area contributed by atoms with Gasteiger partial charge in [-0.3, -0.25) is 0 Å². The zero-order valence-electron chi connectivity index (χ0n) is 13.3. The van der Waals surface area contributed by atoms with Gasteiger partial charge in [-0.15, -0.1) is 0 Å². The van der Waals surface area contributed by atoms with Crippen molar-refractivity contribution in [3.8, 4) is 0 Å². The standard InChI is InChI=1S/C18H20ClNO3S/c19-16-9-7-15(8-10-16)11-13-24(21,22)20(17-4-1-2-5-17)14-18-6-3-12-23-18/h3,6-13,17H,1-2,4-5,14H2. The van der Waals surface area contributed by atoms with Crippen LogP contribution in [0.4, 0.5) is 0 Å². The summed E-state index contributed by atoms with van der Waals surface area (Å²) >= 11 is 5.86. The van der Waals surface area contributed by atoms with Crippen LogP contribution < -0.4 is 0 Å². The zero-order valence-corrected chi connectivity index (χ0v) is 14.8. The molecule has 6 heteroatoms. The van der Waals surface area contributed by atoms with E-state index in [1.54, 1.807) is 53.0 Å². The van der Waals surface area contributed by atoms with Crippen LogP contribution in [-0.4, -0.2) is 18.8 Å². The third-order valence-electron chi connectivity index (χ3n) is 4.25. The van der Waals surface area contributed by atoms with E-state index in [0.717, 1.165) is 31.2 Å². The van der Waals surface area contributed by atoms with Crippen molar-refractivity contribution >= 4 is 27.7 Å². The lowest BCUT2D eigenvalue weighted by atomic mass is 10.2. The number of rotatable bonds is 6. The first-order valence-electron chi connectivity index (χ1n) is 8.02. The van der Waals surface area contributed by atoms with Crippen LogP contribution in [0.25, 0.3) is 6.08 Å². The van der Waals surface area contributed by atoms with E-state index < -0.39 is 10.0 Å². The summed E-state index contributed by atoms with van der Waals surface area (Å²) in [6, 6.07) is 10.7. The molecular formula is C18H20ClNO3S. The molecular weight excluding hydrogens is 346 g/mol. The van der Waals surface area contributed by atoms with Crippen LogP contribution in [0, 0.1) is 0 Å². The molecule has 1 fully saturated rings. The molecule has 0 N–H and O–H groups in total. The van der Waals surface area contributed by atoms with Crippen LogP contribution >= 0.6 is 11.6 Å². The van der Waals surface area contributed by atoms with Crippen LogP contribution in [-0.2, 0) is 16.6 Å². The Kier molecular flexibility index (Phi) is 5.43. The lowest BCUT2D eigenvalue weighted by Crippen LogP contribution is -2.36. The van der Waals surface area contributed by atoms with E-state index in [4.69, 9.17) is 16.0 Å². The maximum atomic E-state index is 12.9. The second-order valence-electron chi connectivity index (χ2n) is 5.96. The highest BCUT2D eigenvalue weighted by Crippen LogP contribution is 2.28. The lowest BCUT2D eigenvalue weighted by molar-refractivity contribution is 0.295. The van der Waals surface area contributed by atoms with E-state index in [2.05, 4.69) is 0 Å². The maximum absolute atomic E-state index is 12.9. The van der Waals surface area contributed by atoms with E-state index in [1.807, 2.05) is 0 Å². The minimum Gasteiger partial charge on any atom is -0.468 e. The second-order valence-corrected chi connectivity index (χ2v) is 8.17. The highest BCUT2D eigenvalue weighted by atomic mass is 35.5. The Morgan fingerprint density at radius 2 is 1.88 bits per heavy atom. The highest BCUT2D eigenvalue weighted by Gasteiger charge is 2.31. The van der Waals surface area contributed by atoms with Crippen molar-refractivity contribution in [2.24, 2.45) is 0 Å². The summed E-state index contributed by atoms with van der Waals surface area (Å²) in [7, 11) is -3.53. The molecule has 0 bridgehead atoms. The largest absolute Gasteiger partial charge is 0.468 e. The number of furan rings is 1. The third-order valence-corrected chi connectivity index (χ3v) is 6.07. The summed E-state index contributed by atoms with van der Waals surface area (Å²) in [5.41, 5.74) is 0.798. The summed E-state index contributed by atoms with van der Waals surface area (Å²) in [6.07, 6.45) is 7.10. The minimum atomic E-state index is -3.53. The van der Waals surface area contributed by atoms with Crippen molar-refractivity contribution in [3.05, 3.63) is 64.4 Å². The van der Waals surface area contributed by atoms with Crippen molar-refractivity contribution in [2.75, 3.05) is 0 Å². The molecule has 0 spiro atoms. The topological polar surface area (TPSA) is 50.5 Å². The Morgan fingerprint density at radius 3 is 2.50 bits per heavy atom. The number of hydrogen-bond donors (Lipinski definition) is 0. The fraction of sp³-hybridized carbons (Fsp3) is 0.333. The molecule has 1 heterocycles. The molecule has 3 rings (SSSR count). The average molecular weight is 366 g/mol. The molecule has 128 valence electrons. The van der Waals surface area contributed by atoms with Gasteiger partial charge in [-0.05, 0) is 48.7 Å². The van der Waals surface area contributed by atoms with E-state index in [0.29, 0.717) is 10.8 Å². The number of benzene rings is 1. The van der Waals surface area contributed by atoms with Crippen LogP contribution in [0.5, 0.6) is 0 Å². The van der Waals surface area contributed by atoms with Gasteiger partial charge in [0, 0.05) is 16.5 Å². The predicted octanol–water partition coefficient (Wildman–Crippen LogP) is 4.68. The van der Waals surface area contributed by atoms with Crippen molar-refractivity contribution in [1.82, 2.24) is 4.31 Å². The summed E-state index contributed by atoms with van der Waals surface area (Å²) < 4.78 is 32.6. The molecule has 0 atom stereocenters. The molecule has 2 aromatic rings. The van der Waals surface area contributed by atoms with Gasteiger partial charge in [-0.2, -0.15) is 4.31 Å². The summed E-state index contributed by atoms with van der Waals surface area (Å²) in [6.45, 7) is 0.269. The smallest absolute Gasteiger partial charge is 0.236 e. The van der Waals surface area contributed by atoms with Gasteiger partial charge in [0.1, 0.15) is 5.76 Å². The monoisotopic (exact) mass is 365 g/mol. The van der Waals surface area contributed by atoms with Crippen LogP contribution in [0.15, 0.2) is 52.5 Å². The molecule has 0 amide bonds. The first-order chi connectivity index (χ1) is 11.5. The first-order valence-corrected chi connectivity index (χ1v) is 9.90. The fourth-order valence-electron chi connectivity index (χ4n) is 2.99. The van der Waals surface area contributed by atoms with Crippen LogP contribution in [0.3, 0.4) is 0 Å². The Bertz CT molecular complexity index is 776. The van der Waals surface area contributed by atoms with Gasteiger partial charge in [-0.1, -0.05) is 36.6 Å². The van der Waals surface area contributed by atoms with Crippen LogP contribution in [0.1, 0.15) is 37.0 Å². The van der Waals surface area contributed by atoms with E-state index in [9.17, 15) is 8.42 Å². The number of sulfonamides is 1. The summed E-state index contributed by atoms with van der Waals surface area (Å²) in [5.74, 6) is 0.658. The highest BCUT2D eigenvalue weighted by molar-refractivity contribution is 7.92. The van der Waals surface area contributed by atoms with E-state index in [-0.39, 0.29) is 12.6 Å². The van der Waals surface area contributed by atoms with Gasteiger partial charge in [-0.25, -0.2) is 8.42 Å². The van der Waals surface area contributed by atoms with E-state index in [1.165, 1.54) is 5.41 Å². The maximum Gasteiger partial charge on any atom is 0.236 e. The fourth-order valence-corrected chi connectivity index (χ4v) is 4.54. The lowest BCUT2D eigenvalue weighted by Gasteiger charge is -2.25. The molecule has 0 unspecified atom stereocenters. The first kappa shape index (κ1) is 17.3. The Balaban J connectivity index is 1.82. The molecule has 1 aliphatic carbocycles. The molecule has 1 aromatic carbocycles. The molecule has 0 aliphatic heterocycles. The number of hydrogen-bond acceptors (Lipinski definition) is 3. The molecule has 1 saturated carbocycles. The third kappa shape index (κ3) is 4.29. The van der Waals surface area contributed by atoms with Crippen molar-refractivity contribution in [3.63, 3.8) is 0 Å². The second kappa shape index (κ2) is 7.55. The zero-order chi connectivity index (χ0) is 17.0. The van der Waals surface area contributed by atoms with Gasteiger partial charge in [0.15, 0.2) is 0 Å². The van der Waals surface area contributed by atoms with E-state index >= 15 is 0 Å². The average Bonchev–Trinajstić information content (AvgIpc) is 3.25. The van der Waals surface area contributed by atoms with Gasteiger partial charge in [0.05, 0.1) is 12.8 Å². The summed E-state index contributed by atoms with van der Waals surface area (Å²) in [4.78, 5) is 0. The number of nitrogens with zero attached hydrogens (tertiary/aromatic N) is 1. The van der Waals surface area contributed by atoms with Gasteiger partial charge in [0.25, 0.3) is 0 Å². The Morgan fingerprint density at radius 1 is 1.17 bits per heavy atom. The van der Waals surface area contributed by atoms with Crippen molar-refractivity contribution < 1.29 is 12.8 Å². The minimum absolute atomic E-state index is 0.0370. The van der Waals surface area contributed by atoms with Gasteiger partial charge < -0.3 is 4.42 Å². The molecule has 4 nitrogen and oxygen atoms in total. The number of halogens is 1. The SMILES string of the molecule is O=S(=O)(C=Cc1ccc(Cl)cc1)N(Cc1ccco1)C1CCCC1. The predicted molar refractivity (Wildman–Crippen MR) is 95.9 cm³/mol. The van der Waals surface area contributed by atoms with Crippen LogP contribution in [0.2, 0.25) is 5.02 Å². The molecule has 24 heavy (non-hydrogen) atoms. The van der Waals surface area contributed by atoms with Gasteiger partial charge in [0.2, 0.25) is 10.0 Å². The van der Waals surface area contributed by atoms with Gasteiger partial charge >= 0.3 is 0 Å². The molecule has 0 saturated heterocycles. The summed E-state index contributed by atoms with van der Waals surface area (Å²) in [5, 5.41) is 1.90. The quantitative estimate of drug-likeness (QED) is 0.746.